The van der Waals surface area contributed by atoms with Crippen molar-refractivity contribution in [2.24, 2.45) is 7.05 Å². The van der Waals surface area contributed by atoms with Crippen LogP contribution < -0.4 is 4.80 Å². The van der Waals surface area contributed by atoms with Crippen LogP contribution in [0.4, 0.5) is 0 Å². The summed E-state index contributed by atoms with van der Waals surface area (Å²) in [5, 5.41) is 7.64. The summed E-state index contributed by atoms with van der Waals surface area (Å²) in [6, 6.07) is 5.29. The SMILES string of the molecule is COC(=O)c1ccc2c(c1)sc(=N)n2C.CS(=O)(=O)O. The number of methoxy groups -OCH3 is 1. The molecule has 2 aromatic rings. The minimum absolute atomic E-state index is 0.348. The molecule has 0 aliphatic rings. The lowest BCUT2D eigenvalue weighted by Gasteiger charge is -1.99. The zero-order valence-corrected chi connectivity index (χ0v) is 12.7. The number of benzene rings is 1. The van der Waals surface area contributed by atoms with Gasteiger partial charge in [0.2, 0.25) is 0 Å². The Balaban J connectivity index is 0.000000347. The molecule has 1 heterocycles. The van der Waals surface area contributed by atoms with E-state index in [-0.39, 0.29) is 5.97 Å². The normalized spacial score (nSPS) is 10.8. The quantitative estimate of drug-likeness (QED) is 0.602. The van der Waals surface area contributed by atoms with Gasteiger partial charge < -0.3 is 9.30 Å². The number of carbonyl (C=O) groups excluding carboxylic acids is 1. The van der Waals surface area contributed by atoms with E-state index >= 15 is 0 Å². The smallest absolute Gasteiger partial charge is 0.337 e. The number of fused-ring (bicyclic) bond motifs is 1. The molecule has 0 saturated heterocycles. The van der Waals surface area contributed by atoms with Gasteiger partial charge in [-0.25, -0.2) is 4.79 Å². The number of aryl methyl sites for hydroxylation is 1. The number of hydrogen-bond donors (Lipinski definition) is 2. The Kier molecular flexibility index (Phi) is 5.03. The molecule has 0 amide bonds. The average molecular weight is 318 g/mol. The number of rotatable bonds is 1. The lowest BCUT2D eigenvalue weighted by atomic mass is 10.2. The third-order valence-electron chi connectivity index (χ3n) is 2.25. The molecular weight excluding hydrogens is 304 g/mol. The van der Waals surface area contributed by atoms with Crippen molar-refractivity contribution >= 4 is 37.6 Å². The number of carbonyl (C=O) groups is 1. The fourth-order valence-corrected chi connectivity index (χ4v) is 2.34. The first kappa shape index (κ1) is 16.3. The summed E-state index contributed by atoms with van der Waals surface area (Å²) in [6.07, 6.45) is 0.715. The fraction of sp³-hybridized carbons (Fsp3) is 0.273. The van der Waals surface area contributed by atoms with Gasteiger partial charge in [0.25, 0.3) is 10.1 Å². The van der Waals surface area contributed by atoms with Crippen molar-refractivity contribution in [2.75, 3.05) is 13.4 Å². The van der Waals surface area contributed by atoms with E-state index in [0.717, 1.165) is 10.2 Å². The van der Waals surface area contributed by atoms with Crippen LogP contribution in [0, 0.1) is 5.41 Å². The van der Waals surface area contributed by atoms with Gasteiger partial charge in [0.05, 0.1) is 29.1 Å². The molecule has 20 heavy (non-hydrogen) atoms. The van der Waals surface area contributed by atoms with Crippen LogP contribution >= 0.6 is 11.3 Å². The van der Waals surface area contributed by atoms with Crippen molar-refractivity contribution in [2.45, 2.75) is 0 Å². The van der Waals surface area contributed by atoms with Crippen LogP contribution in [0.15, 0.2) is 18.2 Å². The van der Waals surface area contributed by atoms with Gasteiger partial charge in [0.1, 0.15) is 0 Å². The topological polar surface area (TPSA) is 109 Å². The number of nitrogens with one attached hydrogen (secondary N) is 1. The van der Waals surface area contributed by atoms with Crippen LogP contribution in [0.2, 0.25) is 0 Å². The summed E-state index contributed by atoms with van der Waals surface area (Å²) in [6.45, 7) is 0. The molecule has 0 radical (unpaired) electrons. The van der Waals surface area contributed by atoms with Crippen LogP contribution in [0.1, 0.15) is 10.4 Å². The molecule has 1 aromatic carbocycles. The monoisotopic (exact) mass is 318 g/mol. The Morgan fingerprint density at radius 2 is 2.00 bits per heavy atom. The van der Waals surface area contributed by atoms with Gasteiger partial charge in [-0.05, 0) is 18.2 Å². The Labute approximate surface area is 119 Å². The maximum atomic E-state index is 11.3. The maximum absolute atomic E-state index is 11.3. The number of hydrogen-bond acceptors (Lipinski definition) is 6. The van der Waals surface area contributed by atoms with Crippen LogP contribution in [-0.4, -0.2) is 36.9 Å². The van der Waals surface area contributed by atoms with E-state index in [1.54, 1.807) is 16.7 Å². The number of nitrogens with zero attached hydrogens (tertiary/aromatic N) is 1. The summed E-state index contributed by atoms with van der Waals surface area (Å²) in [7, 11) is -0.476. The minimum Gasteiger partial charge on any atom is -0.465 e. The second-order valence-corrected chi connectivity index (χ2v) is 6.37. The molecule has 0 unspecified atom stereocenters. The van der Waals surface area contributed by atoms with E-state index in [0.29, 0.717) is 16.6 Å². The zero-order chi connectivity index (χ0) is 15.5. The predicted molar refractivity (Wildman–Crippen MR) is 75.5 cm³/mol. The van der Waals surface area contributed by atoms with E-state index < -0.39 is 10.1 Å². The third-order valence-corrected chi connectivity index (χ3v) is 3.27. The van der Waals surface area contributed by atoms with E-state index in [9.17, 15) is 13.2 Å². The molecule has 110 valence electrons. The first-order valence-corrected chi connectivity index (χ1v) is 7.95. The molecule has 2 rings (SSSR count). The number of aromatic nitrogens is 1. The Morgan fingerprint density at radius 1 is 1.45 bits per heavy atom. The van der Waals surface area contributed by atoms with Gasteiger partial charge in [-0.2, -0.15) is 8.42 Å². The molecule has 0 atom stereocenters. The zero-order valence-electron chi connectivity index (χ0n) is 11.1. The minimum atomic E-state index is -3.67. The van der Waals surface area contributed by atoms with E-state index in [4.69, 9.17) is 9.96 Å². The fourth-order valence-electron chi connectivity index (χ4n) is 1.40. The molecule has 0 aliphatic heterocycles. The highest BCUT2D eigenvalue weighted by Crippen LogP contribution is 2.18. The number of ether oxygens (including phenoxy) is 1. The lowest BCUT2D eigenvalue weighted by molar-refractivity contribution is 0.0601. The molecule has 0 fully saturated rings. The van der Waals surface area contributed by atoms with Gasteiger partial charge in [0.15, 0.2) is 4.80 Å². The summed E-state index contributed by atoms with van der Waals surface area (Å²) in [4.78, 5) is 11.7. The van der Waals surface area contributed by atoms with Crippen molar-refractivity contribution in [3.05, 3.63) is 28.6 Å². The van der Waals surface area contributed by atoms with Crippen molar-refractivity contribution < 1.29 is 22.5 Å². The van der Waals surface area contributed by atoms with Gasteiger partial charge in [-0.15, -0.1) is 0 Å². The first-order chi connectivity index (χ1) is 9.13. The highest BCUT2D eigenvalue weighted by molar-refractivity contribution is 7.85. The van der Waals surface area contributed by atoms with Crippen LogP contribution in [0.5, 0.6) is 0 Å². The molecular formula is C11H14N2O5S2. The first-order valence-electron chi connectivity index (χ1n) is 5.28. The molecule has 0 saturated carbocycles. The third kappa shape index (κ3) is 4.44. The number of thiazole rings is 1. The highest BCUT2D eigenvalue weighted by atomic mass is 32.2. The number of esters is 1. The van der Waals surface area contributed by atoms with Crippen molar-refractivity contribution in [3.63, 3.8) is 0 Å². The second kappa shape index (κ2) is 6.16. The van der Waals surface area contributed by atoms with Crippen molar-refractivity contribution in [1.29, 1.82) is 5.41 Å². The van der Waals surface area contributed by atoms with E-state index in [2.05, 4.69) is 4.74 Å². The van der Waals surface area contributed by atoms with Gasteiger partial charge in [-0.3, -0.25) is 9.96 Å². The maximum Gasteiger partial charge on any atom is 0.337 e. The second-order valence-electron chi connectivity index (χ2n) is 3.87. The average Bonchev–Trinajstić information content (AvgIpc) is 2.61. The Morgan fingerprint density at radius 3 is 2.50 bits per heavy atom. The van der Waals surface area contributed by atoms with Crippen molar-refractivity contribution in [3.8, 4) is 0 Å². The molecule has 7 nitrogen and oxygen atoms in total. The van der Waals surface area contributed by atoms with Crippen LogP contribution in [0.3, 0.4) is 0 Å². The molecule has 1 aromatic heterocycles. The molecule has 9 heteroatoms. The van der Waals surface area contributed by atoms with Gasteiger partial charge in [0, 0.05) is 7.05 Å². The van der Waals surface area contributed by atoms with E-state index in [1.165, 1.54) is 18.4 Å². The van der Waals surface area contributed by atoms with Crippen molar-refractivity contribution in [1.82, 2.24) is 4.57 Å². The molecule has 0 spiro atoms. The largest absolute Gasteiger partial charge is 0.465 e. The Bertz CT molecular complexity index is 781. The van der Waals surface area contributed by atoms with Gasteiger partial charge in [-0.1, -0.05) is 11.3 Å². The van der Waals surface area contributed by atoms with Crippen LogP contribution in [0.25, 0.3) is 10.2 Å². The van der Waals surface area contributed by atoms with E-state index in [1.807, 2.05) is 13.1 Å². The molecule has 2 N–H and O–H groups in total. The van der Waals surface area contributed by atoms with Crippen LogP contribution in [-0.2, 0) is 21.9 Å². The standard InChI is InChI=1S/C10H10N2O2S.CH4O3S/c1-12-7-4-3-6(9(13)14-2)5-8(7)15-10(12)11;1-5(2,3)4/h3-5,11H,1-2H3;1H3,(H,2,3,4). The molecule has 0 bridgehead atoms. The Hall–Kier alpha value is -1.71. The summed E-state index contributed by atoms with van der Waals surface area (Å²) in [5.41, 5.74) is 1.48. The summed E-state index contributed by atoms with van der Waals surface area (Å²) >= 11 is 1.34. The van der Waals surface area contributed by atoms with Gasteiger partial charge >= 0.3 is 5.97 Å². The lowest BCUT2D eigenvalue weighted by Crippen LogP contribution is -2.06. The molecule has 0 aliphatic carbocycles. The predicted octanol–water partition coefficient (Wildman–Crippen LogP) is 1.01. The summed E-state index contributed by atoms with van der Waals surface area (Å²) in [5.74, 6) is -0.348. The summed E-state index contributed by atoms with van der Waals surface area (Å²) < 4.78 is 33.2. The highest BCUT2D eigenvalue weighted by Gasteiger charge is 2.08.